The van der Waals surface area contributed by atoms with Gasteiger partial charge in [-0.15, -0.1) is 0 Å². The normalized spacial score (nSPS) is 14.1. The van der Waals surface area contributed by atoms with Gasteiger partial charge in [-0.3, -0.25) is 0 Å². The lowest BCUT2D eigenvalue weighted by atomic mass is 10.2. The quantitative estimate of drug-likeness (QED) is 0.514. The summed E-state index contributed by atoms with van der Waals surface area (Å²) < 4.78 is 12.1. The van der Waals surface area contributed by atoms with E-state index in [4.69, 9.17) is 0 Å². The molecule has 0 N–H and O–H groups in total. The van der Waals surface area contributed by atoms with Crippen LogP contribution in [0.15, 0.2) is 0 Å². The summed E-state index contributed by atoms with van der Waals surface area (Å²) in [4.78, 5) is 0. The van der Waals surface area contributed by atoms with Gasteiger partial charge in [-0.05, 0) is 12.8 Å². The van der Waals surface area contributed by atoms with Crippen LogP contribution in [0.5, 0.6) is 0 Å². The van der Waals surface area contributed by atoms with E-state index in [2.05, 4.69) is 6.92 Å². The molecule has 0 rings (SSSR count). The van der Waals surface area contributed by atoms with E-state index in [1.54, 1.807) is 0 Å². The Morgan fingerprint density at radius 3 is 2.43 bits per heavy atom. The first-order chi connectivity index (χ1) is 3.31. The third-order valence-electron chi connectivity index (χ3n) is 0.915. The van der Waals surface area contributed by atoms with E-state index < -0.39 is 6.17 Å². The maximum Gasteiger partial charge on any atom is 0.100 e. The molecule has 0 saturated heterocycles. The van der Waals surface area contributed by atoms with Crippen LogP contribution in [0.2, 0.25) is 0 Å². The lowest BCUT2D eigenvalue weighted by Gasteiger charge is -1.98. The summed E-state index contributed by atoms with van der Waals surface area (Å²) in [6.07, 6.45) is 1.36. The predicted molar refractivity (Wildman–Crippen MR) is 29.8 cm³/mol. The van der Waals surface area contributed by atoms with E-state index in [0.717, 1.165) is 6.42 Å². The Hall–Kier alpha value is -0.0700. The molecule has 0 heterocycles. The van der Waals surface area contributed by atoms with Crippen molar-refractivity contribution in [2.45, 2.75) is 32.4 Å². The van der Waals surface area contributed by atoms with Crippen LogP contribution in [0.1, 0.15) is 26.2 Å². The zero-order chi connectivity index (χ0) is 5.70. The van der Waals surface area contributed by atoms with E-state index in [-0.39, 0.29) is 0 Å². The van der Waals surface area contributed by atoms with Crippen molar-refractivity contribution in [2.24, 2.45) is 0 Å². The summed E-state index contributed by atoms with van der Waals surface area (Å²) in [7, 11) is 0. The van der Waals surface area contributed by atoms with E-state index in [1.807, 2.05) is 6.92 Å². The van der Waals surface area contributed by atoms with Gasteiger partial charge in [0.05, 0.1) is 0 Å². The van der Waals surface area contributed by atoms with Crippen molar-refractivity contribution in [3.05, 3.63) is 6.92 Å². The zero-order valence-electron chi connectivity index (χ0n) is 4.78. The van der Waals surface area contributed by atoms with Gasteiger partial charge in [-0.25, -0.2) is 4.39 Å². The largest absolute Gasteiger partial charge is 0.247 e. The minimum atomic E-state index is -0.662. The summed E-state index contributed by atoms with van der Waals surface area (Å²) in [6, 6.07) is 0. The van der Waals surface area contributed by atoms with Crippen LogP contribution < -0.4 is 0 Å². The first-order valence-corrected chi connectivity index (χ1v) is 2.74. The first-order valence-electron chi connectivity index (χ1n) is 2.74. The highest BCUT2D eigenvalue weighted by Crippen LogP contribution is 2.03. The van der Waals surface area contributed by atoms with Gasteiger partial charge in [0.2, 0.25) is 0 Å². The van der Waals surface area contributed by atoms with Crippen LogP contribution in [-0.4, -0.2) is 6.17 Å². The Labute approximate surface area is 44.7 Å². The molecular weight excluding hydrogens is 91.1 g/mol. The van der Waals surface area contributed by atoms with Crippen LogP contribution >= 0.6 is 0 Å². The molecule has 1 atom stereocenters. The molecule has 0 aliphatic carbocycles. The van der Waals surface area contributed by atoms with Crippen LogP contribution in [0.3, 0.4) is 0 Å². The number of rotatable bonds is 3. The Morgan fingerprint density at radius 1 is 1.71 bits per heavy atom. The molecule has 0 aliphatic rings. The fraction of sp³-hybridized carbons (Fsp3) is 0.833. The van der Waals surface area contributed by atoms with Crippen molar-refractivity contribution in [3.8, 4) is 0 Å². The summed E-state index contributed by atoms with van der Waals surface area (Å²) >= 11 is 0. The van der Waals surface area contributed by atoms with Gasteiger partial charge in [0, 0.05) is 0 Å². The van der Waals surface area contributed by atoms with Gasteiger partial charge in [0.1, 0.15) is 6.17 Å². The average molecular weight is 103 g/mol. The topological polar surface area (TPSA) is 0 Å². The molecule has 0 amide bonds. The molecule has 43 valence electrons. The van der Waals surface area contributed by atoms with Crippen molar-refractivity contribution in [3.63, 3.8) is 0 Å². The Balaban J connectivity index is 2.83. The maximum absolute atomic E-state index is 12.1. The Kier molecular flexibility index (Phi) is 4.06. The third-order valence-corrected chi connectivity index (χ3v) is 0.915. The molecule has 0 bridgehead atoms. The summed E-state index contributed by atoms with van der Waals surface area (Å²) in [5, 5.41) is 0. The minimum absolute atomic E-state index is 0.424. The highest BCUT2D eigenvalue weighted by atomic mass is 19.1. The van der Waals surface area contributed by atoms with E-state index >= 15 is 0 Å². The molecular formula is C6H12F. The predicted octanol–water partition coefficient (Wildman–Crippen LogP) is 2.35. The van der Waals surface area contributed by atoms with Crippen molar-refractivity contribution in [1.82, 2.24) is 0 Å². The molecule has 0 saturated carbocycles. The van der Waals surface area contributed by atoms with Gasteiger partial charge in [0.25, 0.3) is 0 Å². The molecule has 0 nitrogen and oxygen atoms in total. The smallest absolute Gasteiger partial charge is 0.100 e. The summed E-state index contributed by atoms with van der Waals surface area (Å²) in [5.41, 5.74) is 0. The first kappa shape index (κ1) is 6.93. The van der Waals surface area contributed by atoms with Gasteiger partial charge in [-0.1, -0.05) is 20.3 Å². The molecule has 0 fully saturated rings. The second-order valence-electron chi connectivity index (χ2n) is 1.67. The molecule has 1 radical (unpaired) electrons. The number of alkyl halides is 1. The van der Waals surface area contributed by atoms with Crippen LogP contribution in [0.25, 0.3) is 0 Å². The molecule has 0 aromatic carbocycles. The van der Waals surface area contributed by atoms with Crippen molar-refractivity contribution >= 4 is 0 Å². The van der Waals surface area contributed by atoms with Crippen molar-refractivity contribution in [2.75, 3.05) is 0 Å². The number of hydrogen-bond acceptors (Lipinski definition) is 0. The maximum atomic E-state index is 12.1. The molecule has 0 aromatic rings. The lowest BCUT2D eigenvalue weighted by molar-refractivity contribution is 0.314. The van der Waals surface area contributed by atoms with Crippen LogP contribution in [0, 0.1) is 6.92 Å². The van der Waals surface area contributed by atoms with E-state index in [9.17, 15) is 4.39 Å². The van der Waals surface area contributed by atoms with Crippen molar-refractivity contribution < 1.29 is 4.39 Å². The molecule has 1 unspecified atom stereocenters. The van der Waals surface area contributed by atoms with Gasteiger partial charge < -0.3 is 0 Å². The van der Waals surface area contributed by atoms with Gasteiger partial charge in [0.15, 0.2) is 0 Å². The molecule has 0 aliphatic heterocycles. The summed E-state index contributed by atoms with van der Waals surface area (Å²) in [5.74, 6) is 0. The monoisotopic (exact) mass is 103 g/mol. The highest BCUT2D eigenvalue weighted by Gasteiger charge is 1.97. The van der Waals surface area contributed by atoms with E-state index in [1.165, 1.54) is 0 Å². The van der Waals surface area contributed by atoms with Crippen LogP contribution in [-0.2, 0) is 0 Å². The molecule has 1 heteroatoms. The Morgan fingerprint density at radius 2 is 2.29 bits per heavy atom. The molecule has 0 spiro atoms. The number of hydrogen-bond donors (Lipinski definition) is 0. The minimum Gasteiger partial charge on any atom is -0.247 e. The van der Waals surface area contributed by atoms with Gasteiger partial charge in [-0.2, -0.15) is 0 Å². The molecule has 7 heavy (non-hydrogen) atoms. The molecule has 0 aromatic heterocycles. The van der Waals surface area contributed by atoms with Gasteiger partial charge >= 0.3 is 0 Å². The standard InChI is InChI=1S/C6H12F/c1-3-5-6(7)4-2/h6H,2-5H2,1H3. The second-order valence-corrected chi connectivity index (χ2v) is 1.67. The van der Waals surface area contributed by atoms with E-state index in [0.29, 0.717) is 12.8 Å². The lowest BCUT2D eigenvalue weighted by Crippen LogP contribution is -1.94. The zero-order valence-corrected chi connectivity index (χ0v) is 4.78. The van der Waals surface area contributed by atoms with Crippen LogP contribution in [0.4, 0.5) is 4.39 Å². The Bertz CT molecular complexity index is 35.2. The fourth-order valence-corrected chi connectivity index (χ4v) is 0.458. The average Bonchev–Trinajstić information content (AvgIpc) is 1.68. The third kappa shape index (κ3) is 3.77. The number of halogens is 1. The highest BCUT2D eigenvalue weighted by molar-refractivity contribution is 4.54. The fourth-order valence-electron chi connectivity index (χ4n) is 0.458. The summed E-state index contributed by atoms with van der Waals surface area (Å²) in [6.45, 7) is 5.40. The second kappa shape index (κ2) is 4.10. The SMILES string of the molecule is [CH2]CC(F)CCC. The van der Waals surface area contributed by atoms with Crippen molar-refractivity contribution in [1.29, 1.82) is 0 Å².